The molecule has 6 nitrogen and oxygen atoms in total. The third-order valence-electron chi connectivity index (χ3n) is 6.12. The van der Waals surface area contributed by atoms with Crippen molar-refractivity contribution < 1.29 is 9.31 Å². The first kappa shape index (κ1) is 19.4. The molecule has 1 aromatic carbocycles. The van der Waals surface area contributed by atoms with E-state index in [2.05, 4.69) is 71.7 Å². The maximum absolute atomic E-state index is 6.14. The molecule has 2 saturated heterocycles. The summed E-state index contributed by atoms with van der Waals surface area (Å²) in [5, 5.41) is 0. The van der Waals surface area contributed by atoms with Crippen molar-refractivity contribution in [1.82, 2.24) is 14.9 Å². The fourth-order valence-electron chi connectivity index (χ4n) is 3.58. The predicted molar refractivity (Wildman–Crippen MR) is 112 cm³/mol. The van der Waals surface area contributed by atoms with Crippen molar-refractivity contribution >= 4 is 18.5 Å². The minimum absolute atomic E-state index is 0.298. The largest absolute Gasteiger partial charge is 0.494 e. The van der Waals surface area contributed by atoms with Crippen molar-refractivity contribution in [2.75, 3.05) is 31.1 Å². The molecule has 1 aromatic heterocycles. The van der Waals surface area contributed by atoms with Crippen LogP contribution in [-0.4, -0.2) is 59.4 Å². The summed E-state index contributed by atoms with van der Waals surface area (Å²) >= 11 is 0. The molecule has 0 spiro atoms. The van der Waals surface area contributed by atoms with Crippen LogP contribution in [0.15, 0.2) is 42.7 Å². The number of hydrogen-bond donors (Lipinski definition) is 0. The molecule has 3 heterocycles. The summed E-state index contributed by atoms with van der Waals surface area (Å²) in [6.45, 7) is 13.2. The Morgan fingerprint density at radius 2 is 1.46 bits per heavy atom. The van der Waals surface area contributed by atoms with Crippen molar-refractivity contribution in [3.8, 4) is 0 Å². The van der Waals surface area contributed by atoms with Crippen LogP contribution >= 0.6 is 0 Å². The van der Waals surface area contributed by atoms with Crippen molar-refractivity contribution in [1.29, 1.82) is 0 Å². The summed E-state index contributed by atoms with van der Waals surface area (Å²) in [7, 11) is -0.298. The van der Waals surface area contributed by atoms with Crippen LogP contribution in [0, 0.1) is 0 Å². The molecule has 2 aromatic rings. The number of piperazine rings is 1. The Bertz CT molecular complexity index is 774. The van der Waals surface area contributed by atoms with Crippen LogP contribution in [0.2, 0.25) is 0 Å². The van der Waals surface area contributed by atoms with Crippen molar-refractivity contribution in [2.24, 2.45) is 0 Å². The number of rotatable bonds is 4. The highest BCUT2D eigenvalue weighted by atomic mass is 16.7. The number of benzene rings is 1. The first-order chi connectivity index (χ1) is 13.3. The van der Waals surface area contributed by atoms with Gasteiger partial charge in [0.2, 0.25) is 5.95 Å². The lowest BCUT2D eigenvalue weighted by atomic mass is 9.79. The van der Waals surface area contributed by atoms with Gasteiger partial charge in [-0.3, -0.25) is 4.90 Å². The normalized spacial score (nSPS) is 21.9. The Hall–Kier alpha value is -1.96. The number of nitrogens with zero attached hydrogens (tertiary/aromatic N) is 4. The van der Waals surface area contributed by atoms with Gasteiger partial charge in [-0.15, -0.1) is 0 Å². The number of aromatic nitrogens is 2. The fourth-order valence-corrected chi connectivity index (χ4v) is 3.58. The summed E-state index contributed by atoms with van der Waals surface area (Å²) in [5.41, 5.74) is 1.77. The third-order valence-corrected chi connectivity index (χ3v) is 6.12. The van der Waals surface area contributed by atoms with E-state index in [1.807, 2.05) is 6.07 Å². The van der Waals surface area contributed by atoms with E-state index in [1.54, 1.807) is 12.4 Å². The lowest BCUT2D eigenvalue weighted by Crippen LogP contribution is -2.46. The van der Waals surface area contributed by atoms with Gasteiger partial charge in [0.1, 0.15) is 0 Å². The predicted octanol–water partition coefficient (Wildman–Crippen LogP) is 2.10. The maximum Gasteiger partial charge on any atom is 0.494 e. The Balaban J connectivity index is 1.32. The molecule has 0 amide bonds. The smallest absolute Gasteiger partial charge is 0.399 e. The van der Waals surface area contributed by atoms with E-state index in [1.165, 1.54) is 5.56 Å². The van der Waals surface area contributed by atoms with Crippen molar-refractivity contribution in [3.05, 3.63) is 48.3 Å². The summed E-state index contributed by atoms with van der Waals surface area (Å²) in [6.07, 6.45) is 3.60. The summed E-state index contributed by atoms with van der Waals surface area (Å²) < 4.78 is 12.3. The Morgan fingerprint density at radius 3 is 2.04 bits per heavy atom. The lowest BCUT2D eigenvalue weighted by Gasteiger charge is -2.34. The van der Waals surface area contributed by atoms with Gasteiger partial charge in [0, 0.05) is 45.1 Å². The first-order valence-electron chi connectivity index (χ1n) is 10.0. The van der Waals surface area contributed by atoms with Crippen LogP contribution in [0.4, 0.5) is 5.95 Å². The second-order valence-electron chi connectivity index (χ2n) is 8.64. The van der Waals surface area contributed by atoms with Gasteiger partial charge >= 0.3 is 7.12 Å². The highest BCUT2D eigenvalue weighted by Gasteiger charge is 2.51. The van der Waals surface area contributed by atoms with Gasteiger partial charge < -0.3 is 14.2 Å². The second kappa shape index (κ2) is 7.46. The molecule has 0 bridgehead atoms. The molecule has 0 unspecified atom stereocenters. The molecule has 0 N–H and O–H groups in total. The third kappa shape index (κ3) is 3.92. The van der Waals surface area contributed by atoms with Crippen LogP contribution in [-0.2, 0) is 15.9 Å². The highest BCUT2D eigenvalue weighted by Crippen LogP contribution is 2.36. The summed E-state index contributed by atoms with van der Waals surface area (Å²) in [4.78, 5) is 13.4. The van der Waals surface area contributed by atoms with Crippen LogP contribution in [0.1, 0.15) is 33.3 Å². The lowest BCUT2D eigenvalue weighted by molar-refractivity contribution is 0.00578. The van der Waals surface area contributed by atoms with E-state index < -0.39 is 0 Å². The van der Waals surface area contributed by atoms with E-state index in [4.69, 9.17) is 9.31 Å². The van der Waals surface area contributed by atoms with E-state index in [-0.39, 0.29) is 18.3 Å². The molecule has 7 heteroatoms. The summed E-state index contributed by atoms with van der Waals surface area (Å²) in [6, 6.07) is 10.5. The van der Waals surface area contributed by atoms with Gasteiger partial charge in [0.15, 0.2) is 0 Å². The van der Waals surface area contributed by atoms with Crippen molar-refractivity contribution in [2.45, 2.75) is 45.4 Å². The summed E-state index contributed by atoms with van der Waals surface area (Å²) in [5.74, 6) is 0.828. The zero-order valence-corrected chi connectivity index (χ0v) is 17.3. The van der Waals surface area contributed by atoms with Crippen molar-refractivity contribution in [3.63, 3.8) is 0 Å². The molecule has 0 saturated carbocycles. The topological polar surface area (TPSA) is 50.7 Å². The van der Waals surface area contributed by atoms with E-state index >= 15 is 0 Å². The minimum Gasteiger partial charge on any atom is -0.399 e. The maximum atomic E-state index is 6.14. The molecule has 2 aliphatic rings. The van der Waals surface area contributed by atoms with Gasteiger partial charge in [-0.1, -0.05) is 24.3 Å². The Kier molecular flexibility index (Phi) is 5.16. The zero-order valence-electron chi connectivity index (χ0n) is 17.3. The number of hydrogen-bond acceptors (Lipinski definition) is 6. The van der Waals surface area contributed by atoms with Gasteiger partial charge in [0.25, 0.3) is 0 Å². The van der Waals surface area contributed by atoms with Crippen LogP contribution < -0.4 is 10.4 Å². The quantitative estimate of drug-likeness (QED) is 0.758. The minimum atomic E-state index is -0.307. The molecule has 0 radical (unpaired) electrons. The molecule has 0 atom stereocenters. The van der Waals surface area contributed by atoms with Crippen LogP contribution in [0.25, 0.3) is 0 Å². The molecule has 4 rings (SSSR count). The van der Waals surface area contributed by atoms with Gasteiger partial charge in [0.05, 0.1) is 11.2 Å². The Morgan fingerprint density at radius 1 is 0.893 bits per heavy atom. The molecule has 0 aliphatic carbocycles. The average molecular weight is 380 g/mol. The zero-order chi connectivity index (χ0) is 19.8. The Labute approximate surface area is 168 Å². The standard InChI is InChI=1S/C21H29BN4O2/c1-20(2)21(3,4)28-22(27-20)18-8-6-17(7-9-18)16-25-12-14-26(15-13-25)19-23-10-5-11-24-19/h5-11H,12-16H2,1-4H3. The van der Waals surface area contributed by atoms with E-state index in [0.29, 0.717) is 0 Å². The second-order valence-corrected chi connectivity index (χ2v) is 8.64. The molecule has 148 valence electrons. The molecular weight excluding hydrogens is 351 g/mol. The first-order valence-corrected chi connectivity index (χ1v) is 10.0. The molecule has 2 fully saturated rings. The van der Waals surface area contributed by atoms with Gasteiger partial charge in [-0.2, -0.15) is 0 Å². The van der Waals surface area contributed by atoms with Gasteiger partial charge in [-0.25, -0.2) is 9.97 Å². The van der Waals surface area contributed by atoms with Crippen LogP contribution in [0.5, 0.6) is 0 Å². The molecular formula is C21H29BN4O2. The average Bonchev–Trinajstić information content (AvgIpc) is 2.91. The van der Waals surface area contributed by atoms with Crippen LogP contribution in [0.3, 0.4) is 0 Å². The molecule has 28 heavy (non-hydrogen) atoms. The van der Waals surface area contributed by atoms with E-state index in [9.17, 15) is 0 Å². The number of anilines is 1. The highest BCUT2D eigenvalue weighted by molar-refractivity contribution is 6.62. The van der Waals surface area contributed by atoms with E-state index in [0.717, 1.165) is 44.1 Å². The molecule has 2 aliphatic heterocycles. The fraction of sp³-hybridized carbons (Fsp3) is 0.524. The SMILES string of the molecule is CC1(C)OB(c2ccc(CN3CCN(c4ncccn4)CC3)cc2)OC1(C)C. The monoisotopic (exact) mass is 380 g/mol. The van der Waals surface area contributed by atoms with Gasteiger partial charge in [-0.05, 0) is 44.8 Å².